The molecular formula is C22H26ClN3O4. The lowest BCUT2D eigenvalue weighted by molar-refractivity contribution is -0.119. The molecule has 1 aliphatic heterocycles. The number of methoxy groups -OCH3 is 1. The van der Waals surface area contributed by atoms with Gasteiger partial charge in [0.15, 0.2) is 11.5 Å². The largest absolute Gasteiger partial charge is 0.493 e. The molecule has 0 spiro atoms. The van der Waals surface area contributed by atoms with Gasteiger partial charge in [-0.3, -0.25) is 14.5 Å². The number of nitrogens with zero attached hydrogens (tertiary/aromatic N) is 1. The maximum absolute atomic E-state index is 12.7. The molecule has 1 heterocycles. The lowest BCUT2D eigenvalue weighted by Crippen LogP contribution is -2.46. The number of carbonyl (C=O) groups is 2. The number of likely N-dealkylation sites (tertiary alicyclic amines) is 1. The molecule has 0 aliphatic carbocycles. The fourth-order valence-corrected chi connectivity index (χ4v) is 3.61. The minimum Gasteiger partial charge on any atom is -0.493 e. The van der Waals surface area contributed by atoms with Crippen LogP contribution in [0.4, 0.5) is 0 Å². The zero-order valence-electron chi connectivity index (χ0n) is 16.9. The van der Waals surface area contributed by atoms with Crippen molar-refractivity contribution in [3.8, 4) is 11.5 Å². The molecule has 3 rings (SSSR count). The summed E-state index contributed by atoms with van der Waals surface area (Å²) in [5.74, 6) is 0.514. The van der Waals surface area contributed by atoms with Crippen LogP contribution in [0.2, 0.25) is 5.02 Å². The van der Waals surface area contributed by atoms with Gasteiger partial charge in [0.05, 0.1) is 13.7 Å². The summed E-state index contributed by atoms with van der Waals surface area (Å²) in [4.78, 5) is 25.7. The van der Waals surface area contributed by atoms with Crippen molar-refractivity contribution in [3.63, 3.8) is 0 Å². The molecule has 2 aromatic rings. The van der Waals surface area contributed by atoms with Crippen LogP contribution in [0, 0.1) is 0 Å². The Kier molecular flexibility index (Phi) is 7.54. The van der Waals surface area contributed by atoms with E-state index < -0.39 is 0 Å². The fourth-order valence-electron chi connectivity index (χ4n) is 3.42. The molecule has 0 saturated carbocycles. The maximum atomic E-state index is 12.7. The van der Waals surface area contributed by atoms with E-state index in [1.807, 2.05) is 29.2 Å². The highest BCUT2D eigenvalue weighted by atomic mass is 35.5. The van der Waals surface area contributed by atoms with Crippen molar-refractivity contribution in [1.82, 2.24) is 10.2 Å². The summed E-state index contributed by atoms with van der Waals surface area (Å²) in [5, 5.41) is 3.68. The van der Waals surface area contributed by atoms with Crippen molar-refractivity contribution in [3.05, 3.63) is 58.6 Å². The van der Waals surface area contributed by atoms with Gasteiger partial charge in [0.2, 0.25) is 5.91 Å². The average molecular weight is 432 g/mol. The van der Waals surface area contributed by atoms with Crippen molar-refractivity contribution in [1.29, 1.82) is 0 Å². The first-order chi connectivity index (χ1) is 14.5. The molecule has 2 aromatic carbocycles. The summed E-state index contributed by atoms with van der Waals surface area (Å²) in [6.07, 6.45) is 1.55. The second kappa shape index (κ2) is 10.3. The third-order valence-corrected chi connectivity index (χ3v) is 5.44. The Labute approximate surface area is 181 Å². The monoisotopic (exact) mass is 431 g/mol. The van der Waals surface area contributed by atoms with Crippen LogP contribution in [-0.2, 0) is 11.4 Å². The van der Waals surface area contributed by atoms with E-state index in [9.17, 15) is 9.59 Å². The molecule has 1 saturated heterocycles. The van der Waals surface area contributed by atoms with E-state index in [0.717, 1.165) is 31.5 Å². The standard InChI is InChI=1S/C22H26ClN3O4/c1-29-20-12-15(6-7-19(20)30-14-16-4-2-3-5-18(16)23)22(28)25-17-8-10-26(11-9-17)13-21(24)27/h2-7,12,17H,8-11,13-14H2,1H3,(H2,24,27)(H,25,28). The minimum atomic E-state index is -0.332. The van der Waals surface area contributed by atoms with Crippen LogP contribution >= 0.6 is 11.6 Å². The van der Waals surface area contributed by atoms with Crippen molar-refractivity contribution in [2.45, 2.75) is 25.5 Å². The molecule has 0 atom stereocenters. The fraction of sp³-hybridized carbons (Fsp3) is 0.364. The first-order valence-corrected chi connectivity index (χ1v) is 10.2. The van der Waals surface area contributed by atoms with Crippen molar-refractivity contribution in [2.24, 2.45) is 5.73 Å². The van der Waals surface area contributed by atoms with Gasteiger partial charge in [0.1, 0.15) is 6.61 Å². The van der Waals surface area contributed by atoms with Gasteiger partial charge >= 0.3 is 0 Å². The minimum absolute atomic E-state index is 0.0590. The number of halogens is 1. The third-order valence-electron chi connectivity index (χ3n) is 5.07. The molecule has 1 aliphatic rings. The summed E-state index contributed by atoms with van der Waals surface area (Å²) in [5.41, 5.74) is 6.60. The summed E-state index contributed by atoms with van der Waals surface area (Å²) >= 11 is 6.17. The van der Waals surface area contributed by atoms with Crippen LogP contribution in [0.25, 0.3) is 0 Å². The van der Waals surface area contributed by atoms with Gasteiger partial charge in [0, 0.05) is 35.3 Å². The van der Waals surface area contributed by atoms with Gasteiger partial charge in [-0.15, -0.1) is 0 Å². The molecule has 2 amide bonds. The Bertz CT molecular complexity index is 898. The van der Waals surface area contributed by atoms with E-state index in [1.54, 1.807) is 18.2 Å². The first kappa shape index (κ1) is 21.9. The summed E-state index contributed by atoms with van der Waals surface area (Å²) in [6.45, 7) is 2.01. The Balaban J connectivity index is 1.58. The Morgan fingerprint density at radius 1 is 1.17 bits per heavy atom. The number of piperidine rings is 1. The van der Waals surface area contributed by atoms with E-state index in [0.29, 0.717) is 28.7 Å². The molecular weight excluding hydrogens is 406 g/mol. The number of ether oxygens (including phenoxy) is 2. The molecule has 1 fully saturated rings. The van der Waals surface area contributed by atoms with Gasteiger partial charge in [-0.2, -0.15) is 0 Å². The van der Waals surface area contributed by atoms with E-state index in [-0.39, 0.29) is 24.4 Å². The van der Waals surface area contributed by atoms with Crippen LogP contribution in [0.5, 0.6) is 11.5 Å². The number of hydrogen-bond donors (Lipinski definition) is 2. The van der Waals surface area contributed by atoms with Crippen LogP contribution in [0.3, 0.4) is 0 Å². The maximum Gasteiger partial charge on any atom is 0.251 e. The highest BCUT2D eigenvalue weighted by Crippen LogP contribution is 2.29. The van der Waals surface area contributed by atoms with Gasteiger partial charge in [-0.05, 0) is 37.1 Å². The lowest BCUT2D eigenvalue weighted by Gasteiger charge is -2.31. The molecule has 0 unspecified atom stereocenters. The van der Waals surface area contributed by atoms with Gasteiger partial charge in [0.25, 0.3) is 5.91 Å². The van der Waals surface area contributed by atoms with Crippen LogP contribution in [-0.4, -0.2) is 49.5 Å². The molecule has 160 valence electrons. The number of benzene rings is 2. The molecule has 0 radical (unpaired) electrons. The number of rotatable bonds is 8. The summed E-state index contributed by atoms with van der Waals surface area (Å²) in [6, 6.07) is 12.6. The first-order valence-electron chi connectivity index (χ1n) is 9.82. The Morgan fingerprint density at radius 2 is 1.90 bits per heavy atom. The van der Waals surface area contributed by atoms with E-state index >= 15 is 0 Å². The lowest BCUT2D eigenvalue weighted by atomic mass is 10.0. The van der Waals surface area contributed by atoms with Gasteiger partial charge < -0.3 is 20.5 Å². The predicted octanol–water partition coefficient (Wildman–Crippen LogP) is 2.61. The smallest absolute Gasteiger partial charge is 0.251 e. The zero-order valence-corrected chi connectivity index (χ0v) is 17.7. The number of hydrogen-bond acceptors (Lipinski definition) is 5. The molecule has 8 heteroatoms. The average Bonchev–Trinajstić information content (AvgIpc) is 2.74. The van der Waals surface area contributed by atoms with Gasteiger partial charge in [-0.25, -0.2) is 0 Å². The third kappa shape index (κ3) is 5.87. The Morgan fingerprint density at radius 3 is 2.57 bits per heavy atom. The quantitative estimate of drug-likeness (QED) is 0.670. The normalized spacial score (nSPS) is 14.9. The van der Waals surface area contributed by atoms with Crippen molar-refractivity contribution < 1.29 is 19.1 Å². The van der Waals surface area contributed by atoms with Crippen LogP contribution in [0.1, 0.15) is 28.8 Å². The topological polar surface area (TPSA) is 93.9 Å². The highest BCUT2D eigenvalue weighted by Gasteiger charge is 2.22. The Hall–Kier alpha value is -2.77. The van der Waals surface area contributed by atoms with E-state index in [2.05, 4.69) is 5.32 Å². The highest BCUT2D eigenvalue weighted by molar-refractivity contribution is 6.31. The summed E-state index contributed by atoms with van der Waals surface area (Å²) < 4.78 is 11.2. The molecule has 3 N–H and O–H groups in total. The van der Waals surface area contributed by atoms with Crippen molar-refractivity contribution in [2.75, 3.05) is 26.7 Å². The van der Waals surface area contributed by atoms with E-state index in [4.69, 9.17) is 26.8 Å². The molecule has 0 aromatic heterocycles. The van der Waals surface area contributed by atoms with E-state index in [1.165, 1.54) is 7.11 Å². The number of nitrogens with one attached hydrogen (secondary N) is 1. The van der Waals surface area contributed by atoms with Gasteiger partial charge in [-0.1, -0.05) is 29.8 Å². The van der Waals surface area contributed by atoms with Crippen LogP contribution < -0.4 is 20.5 Å². The number of nitrogens with two attached hydrogens (primary N) is 1. The number of primary amides is 1. The second-order valence-corrected chi connectivity index (χ2v) is 7.64. The number of amides is 2. The van der Waals surface area contributed by atoms with Crippen molar-refractivity contribution >= 4 is 23.4 Å². The summed E-state index contributed by atoms with van der Waals surface area (Å²) in [7, 11) is 1.54. The SMILES string of the molecule is COc1cc(C(=O)NC2CCN(CC(N)=O)CC2)ccc1OCc1ccccc1Cl. The second-order valence-electron chi connectivity index (χ2n) is 7.24. The predicted molar refractivity (Wildman–Crippen MR) is 115 cm³/mol. The van der Waals surface area contributed by atoms with Crippen LogP contribution in [0.15, 0.2) is 42.5 Å². The molecule has 30 heavy (non-hydrogen) atoms. The number of carbonyl (C=O) groups excluding carboxylic acids is 2. The molecule has 0 bridgehead atoms. The zero-order chi connectivity index (χ0) is 21.5. The molecule has 7 nitrogen and oxygen atoms in total.